The molecule has 112 valence electrons. The van der Waals surface area contributed by atoms with Crippen molar-refractivity contribution in [3.05, 3.63) is 53.6 Å². The highest BCUT2D eigenvalue weighted by atomic mass is 16.5. The van der Waals surface area contributed by atoms with Crippen LogP contribution in [-0.2, 0) is 11.2 Å². The summed E-state index contributed by atoms with van der Waals surface area (Å²) in [6.07, 6.45) is 0.875. The molecule has 0 saturated carbocycles. The lowest BCUT2D eigenvalue weighted by molar-refractivity contribution is -0.116. The van der Waals surface area contributed by atoms with Crippen molar-refractivity contribution < 1.29 is 9.53 Å². The molecule has 0 unspecified atom stereocenters. The van der Waals surface area contributed by atoms with Gasteiger partial charge >= 0.3 is 0 Å². The van der Waals surface area contributed by atoms with Crippen LogP contribution in [0.2, 0.25) is 0 Å². The number of para-hydroxylation sites is 1. The van der Waals surface area contributed by atoms with Crippen LogP contribution >= 0.6 is 0 Å². The van der Waals surface area contributed by atoms with Gasteiger partial charge in [-0.2, -0.15) is 5.26 Å². The quantitative estimate of drug-likeness (QED) is 0.830. The molecule has 2 aromatic rings. The fourth-order valence-corrected chi connectivity index (χ4v) is 2.10. The number of ether oxygens (including phenoxy) is 1. The Bertz CT molecular complexity index is 720. The molecular weight excluding hydrogens is 278 g/mol. The van der Waals surface area contributed by atoms with Gasteiger partial charge in [0.15, 0.2) is 0 Å². The number of methoxy groups -OCH3 is 1. The molecule has 0 saturated heterocycles. The van der Waals surface area contributed by atoms with Crippen LogP contribution in [0.4, 0.5) is 11.4 Å². The molecule has 0 bridgehead atoms. The molecule has 5 nitrogen and oxygen atoms in total. The van der Waals surface area contributed by atoms with Crippen LogP contribution in [0.1, 0.15) is 17.5 Å². The minimum atomic E-state index is -0.142. The zero-order chi connectivity index (χ0) is 15.9. The largest absolute Gasteiger partial charge is 0.495 e. The van der Waals surface area contributed by atoms with Gasteiger partial charge < -0.3 is 15.8 Å². The standard InChI is InChI=1S/C17H17N3O2/c1-22-16-8-6-12(10-14(16)19)7-9-17(21)20-15-5-3-2-4-13(15)11-18/h2-6,8,10H,7,9,19H2,1H3,(H,20,21). The number of nitrogens with two attached hydrogens (primary N) is 1. The third-order valence-electron chi connectivity index (χ3n) is 3.26. The number of carbonyl (C=O) groups is 1. The van der Waals surface area contributed by atoms with Crippen LogP contribution < -0.4 is 15.8 Å². The van der Waals surface area contributed by atoms with Crippen LogP contribution in [0.15, 0.2) is 42.5 Å². The summed E-state index contributed by atoms with van der Waals surface area (Å²) in [5.41, 5.74) is 8.33. The predicted molar refractivity (Wildman–Crippen MR) is 85.5 cm³/mol. The molecule has 0 aromatic heterocycles. The van der Waals surface area contributed by atoms with E-state index in [2.05, 4.69) is 5.32 Å². The number of hydrogen-bond acceptors (Lipinski definition) is 4. The van der Waals surface area contributed by atoms with Gasteiger partial charge in [-0.25, -0.2) is 0 Å². The first-order valence-corrected chi connectivity index (χ1v) is 6.85. The Morgan fingerprint density at radius 3 is 2.77 bits per heavy atom. The molecule has 0 radical (unpaired) electrons. The summed E-state index contributed by atoms with van der Waals surface area (Å²) in [7, 11) is 1.56. The number of carbonyl (C=O) groups excluding carboxylic acids is 1. The average molecular weight is 295 g/mol. The summed E-state index contributed by atoms with van der Waals surface area (Å²) in [5.74, 6) is 0.480. The van der Waals surface area contributed by atoms with E-state index in [1.807, 2.05) is 12.1 Å². The van der Waals surface area contributed by atoms with Gasteiger partial charge in [-0.1, -0.05) is 18.2 Å². The van der Waals surface area contributed by atoms with E-state index in [0.29, 0.717) is 35.5 Å². The zero-order valence-corrected chi connectivity index (χ0v) is 12.3. The van der Waals surface area contributed by atoms with Gasteiger partial charge in [-0.3, -0.25) is 4.79 Å². The van der Waals surface area contributed by atoms with Gasteiger partial charge in [0.05, 0.1) is 24.0 Å². The molecule has 0 aliphatic carbocycles. The maximum Gasteiger partial charge on any atom is 0.224 e. The van der Waals surface area contributed by atoms with E-state index in [-0.39, 0.29) is 5.91 Å². The van der Waals surface area contributed by atoms with Crippen molar-refractivity contribution in [1.29, 1.82) is 5.26 Å². The van der Waals surface area contributed by atoms with E-state index >= 15 is 0 Å². The second-order valence-corrected chi connectivity index (χ2v) is 4.78. The number of nitrogens with one attached hydrogen (secondary N) is 1. The van der Waals surface area contributed by atoms with E-state index in [1.165, 1.54) is 0 Å². The summed E-state index contributed by atoms with van der Waals surface area (Å²) in [4.78, 5) is 12.0. The lowest BCUT2D eigenvalue weighted by Gasteiger charge is -2.08. The Morgan fingerprint density at radius 2 is 2.09 bits per heavy atom. The first-order chi connectivity index (χ1) is 10.6. The van der Waals surface area contributed by atoms with Crippen LogP contribution in [0, 0.1) is 11.3 Å². The lowest BCUT2D eigenvalue weighted by Crippen LogP contribution is -2.13. The molecule has 0 atom stereocenters. The Kier molecular flexibility index (Phi) is 4.99. The third kappa shape index (κ3) is 3.76. The fraction of sp³-hybridized carbons (Fsp3) is 0.176. The summed E-state index contributed by atoms with van der Waals surface area (Å²) < 4.78 is 5.10. The first-order valence-electron chi connectivity index (χ1n) is 6.85. The first kappa shape index (κ1) is 15.4. The Hall–Kier alpha value is -3.00. The number of amides is 1. The molecule has 1 amide bonds. The molecular formula is C17H17N3O2. The van der Waals surface area contributed by atoms with Gasteiger partial charge in [0, 0.05) is 6.42 Å². The summed E-state index contributed by atoms with van der Waals surface area (Å²) in [6.45, 7) is 0. The van der Waals surface area contributed by atoms with Crippen molar-refractivity contribution in [2.75, 3.05) is 18.2 Å². The fourth-order valence-electron chi connectivity index (χ4n) is 2.10. The van der Waals surface area contributed by atoms with Crippen molar-refractivity contribution in [2.45, 2.75) is 12.8 Å². The maximum absolute atomic E-state index is 12.0. The highest BCUT2D eigenvalue weighted by molar-refractivity contribution is 5.92. The van der Waals surface area contributed by atoms with Gasteiger partial charge in [0.25, 0.3) is 0 Å². The second-order valence-electron chi connectivity index (χ2n) is 4.78. The van der Waals surface area contributed by atoms with Crippen LogP contribution in [0.5, 0.6) is 5.75 Å². The van der Waals surface area contributed by atoms with E-state index < -0.39 is 0 Å². The number of rotatable bonds is 5. The minimum Gasteiger partial charge on any atom is -0.495 e. The molecule has 3 N–H and O–H groups in total. The highest BCUT2D eigenvalue weighted by Crippen LogP contribution is 2.22. The molecule has 2 rings (SSSR count). The number of aryl methyl sites for hydroxylation is 1. The molecule has 0 spiro atoms. The van der Waals surface area contributed by atoms with Crippen molar-refractivity contribution in [3.63, 3.8) is 0 Å². The Morgan fingerprint density at radius 1 is 1.32 bits per heavy atom. The third-order valence-corrected chi connectivity index (χ3v) is 3.26. The van der Waals surface area contributed by atoms with Gasteiger partial charge in [0.1, 0.15) is 11.8 Å². The molecule has 5 heteroatoms. The molecule has 0 heterocycles. The maximum atomic E-state index is 12.0. The van der Waals surface area contributed by atoms with Gasteiger partial charge in [-0.05, 0) is 36.2 Å². The number of nitrogen functional groups attached to an aromatic ring is 1. The predicted octanol–water partition coefficient (Wildman–Crippen LogP) is 2.72. The normalized spacial score (nSPS) is 9.82. The van der Waals surface area contributed by atoms with Crippen molar-refractivity contribution in [3.8, 4) is 11.8 Å². The minimum absolute atomic E-state index is 0.142. The smallest absolute Gasteiger partial charge is 0.224 e. The van der Waals surface area contributed by atoms with Crippen molar-refractivity contribution in [1.82, 2.24) is 0 Å². The Balaban J connectivity index is 1.96. The summed E-state index contributed by atoms with van der Waals surface area (Å²) in [5, 5.41) is 11.7. The lowest BCUT2D eigenvalue weighted by atomic mass is 10.1. The second kappa shape index (κ2) is 7.14. The zero-order valence-electron chi connectivity index (χ0n) is 12.3. The molecule has 2 aromatic carbocycles. The SMILES string of the molecule is COc1ccc(CCC(=O)Nc2ccccc2C#N)cc1N. The average Bonchev–Trinajstić information content (AvgIpc) is 2.53. The van der Waals surface area contributed by atoms with Crippen molar-refractivity contribution >= 4 is 17.3 Å². The molecule has 0 aliphatic heterocycles. The Labute approximate surface area is 129 Å². The number of nitrogens with zero attached hydrogens (tertiary/aromatic N) is 1. The highest BCUT2D eigenvalue weighted by Gasteiger charge is 2.07. The van der Waals surface area contributed by atoms with Crippen LogP contribution in [-0.4, -0.2) is 13.0 Å². The van der Waals surface area contributed by atoms with E-state index in [9.17, 15) is 4.79 Å². The van der Waals surface area contributed by atoms with E-state index in [1.54, 1.807) is 43.5 Å². The van der Waals surface area contributed by atoms with E-state index in [4.69, 9.17) is 15.7 Å². The van der Waals surface area contributed by atoms with Gasteiger partial charge in [-0.15, -0.1) is 0 Å². The van der Waals surface area contributed by atoms with Gasteiger partial charge in [0.2, 0.25) is 5.91 Å². The van der Waals surface area contributed by atoms with Crippen LogP contribution in [0.25, 0.3) is 0 Å². The number of nitriles is 1. The number of benzene rings is 2. The number of hydrogen-bond donors (Lipinski definition) is 2. The van der Waals surface area contributed by atoms with Crippen LogP contribution in [0.3, 0.4) is 0 Å². The van der Waals surface area contributed by atoms with E-state index in [0.717, 1.165) is 5.56 Å². The monoisotopic (exact) mass is 295 g/mol. The van der Waals surface area contributed by atoms with Crippen molar-refractivity contribution in [2.24, 2.45) is 0 Å². The summed E-state index contributed by atoms with van der Waals surface area (Å²) >= 11 is 0. The molecule has 22 heavy (non-hydrogen) atoms. The summed E-state index contributed by atoms with van der Waals surface area (Å²) in [6, 6.07) is 14.4. The number of anilines is 2. The topological polar surface area (TPSA) is 88.1 Å². The molecule has 0 fully saturated rings. The molecule has 0 aliphatic rings.